The number of hydrogen-bond donors (Lipinski definition) is 0. The largest absolute Gasteiger partial charge is 0.493 e. The molecule has 2 aromatic rings. The number of ether oxygens (including phenoxy) is 1. The van der Waals surface area contributed by atoms with E-state index >= 15 is 0 Å². The van der Waals surface area contributed by atoms with Crippen molar-refractivity contribution in [1.82, 2.24) is 10.2 Å². The Hall–Kier alpha value is -1.81. The van der Waals surface area contributed by atoms with Gasteiger partial charge < -0.3 is 9.64 Å². The van der Waals surface area contributed by atoms with Crippen LogP contribution in [0, 0.1) is 5.92 Å². The first-order valence-corrected chi connectivity index (χ1v) is 8.58. The second kappa shape index (κ2) is 7.64. The summed E-state index contributed by atoms with van der Waals surface area (Å²) in [4.78, 5) is 2.16. The average molecular weight is 332 g/mol. The maximum Gasteiger partial charge on any atom is 0.151 e. The van der Waals surface area contributed by atoms with Gasteiger partial charge in [-0.25, -0.2) is 0 Å². The molecule has 0 aliphatic heterocycles. The molecular weight excluding hydrogens is 310 g/mol. The van der Waals surface area contributed by atoms with Crippen LogP contribution in [0.3, 0.4) is 0 Å². The van der Waals surface area contributed by atoms with Gasteiger partial charge in [-0.1, -0.05) is 18.0 Å². The normalized spacial score (nSPS) is 14.3. The Bertz CT molecular complexity index is 631. The third-order valence-corrected chi connectivity index (χ3v) is 4.58. The fraction of sp³-hybridized carbons (Fsp3) is 0.444. The smallest absolute Gasteiger partial charge is 0.151 e. The molecule has 0 radical (unpaired) electrons. The highest BCUT2D eigenvalue weighted by molar-refractivity contribution is 6.30. The molecule has 1 aromatic carbocycles. The number of benzene rings is 1. The monoisotopic (exact) mass is 331 g/mol. The van der Waals surface area contributed by atoms with Gasteiger partial charge in [0.1, 0.15) is 5.75 Å². The van der Waals surface area contributed by atoms with Crippen LogP contribution in [0.25, 0.3) is 0 Å². The summed E-state index contributed by atoms with van der Waals surface area (Å²) in [5.74, 6) is 2.49. The van der Waals surface area contributed by atoms with Gasteiger partial charge in [-0.3, -0.25) is 0 Å². The predicted octanol–water partition coefficient (Wildman–Crippen LogP) is 4.34. The number of aromatic nitrogens is 2. The zero-order chi connectivity index (χ0) is 16.1. The highest BCUT2D eigenvalue weighted by atomic mass is 35.5. The van der Waals surface area contributed by atoms with E-state index in [1.165, 1.54) is 19.3 Å². The summed E-state index contributed by atoms with van der Waals surface area (Å²) >= 11 is 6.19. The van der Waals surface area contributed by atoms with Gasteiger partial charge in [-0.05, 0) is 56.0 Å². The molecule has 1 saturated carbocycles. The zero-order valence-corrected chi connectivity index (χ0v) is 14.2. The molecule has 5 heteroatoms. The van der Waals surface area contributed by atoms with Crippen molar-refractivity contribution in [2.45, 2.75) is 32.7 Å². The number of hydrogen-bond acceptors (Lipinski definition) is 4. The van der Waals surface area contributed by atoms with Gasteiger partial charge in [0.25, 0.3) is 0 Å². The molecular formula is C18H22ClN3O. The summed E-state index contributed by atoms with van der Waals surface area (Å²) in [6, 6.07) is 9.71. The van der Waals surface area contributed by atoms with Crippen LogP contribution in [0.5, 0.6) is 5.75 Å². The lowest BCUT2D eigenvalue weighted by atomic mass is 9.86. The van der Waals surface area contributed by atoms with Crippen LogP contribution in [0.15, 0.2) is 36.5 Å². The van der Waals surface area contributed by atoms with E-state index in [-0.39, 0.29) is 0 Å². The van der Waals surface area contributed by atoms with Crippen molar-refractivity contribution < 1.29 is 4.74 Å². The zero-order valence-electron chi connectivity index (χ0n) is 13.4. The average Bonchev–Trinajstić information content (AvgIpc) is 2.53. The van der Waals surface area contributed by atoms with Gasteiger partial charge in [-0.2, -0.15) is 5.10 Å². The van der Waals surface area contributed by atoms with Crippen molar-refractivity contribution in [3.8, 4) is 5.75 Å². The summed E-state index contributed by atoms with van der Waals surface area (Å²) in [5, 5.41) is 8.89. The van der Waals surface area contributed by atoms with Crippen molar-refractivity contribution in [3.63, 3.8) is 0 Å². The molecule has 3 rings (SSSR count). The van der Waals surface area contributed by atoms with Crippen LogP contribution >= 0.6 is 11.6 Å². The first kappa shape index (κ1) is 16.1. The molecule has 0 spiro atoms. The highest BCUT2D eigenvalue weighted by Gasteiger charge is 2.19. The lowest BCUT2D eigenvalue weighted by Crippen LogP contribution is -2.24. The van der Waals surface area contributed by atoms with Crippen molar-refractivity contribution in [2.75, 3.05) is 18.1 Å². The van der Waals surface area contributed by atoms with E-state index in [0.29, 0.717) is 12.5 Å². The third-order valence-electron chi connectivity index (χ3n) is 4.35. The molecule has 1 aliphatic rings. The van der Waals surface area contributed by atoms with Crippen LogP contribution in [-0.4, -0.2) is 23.3 Å². The van der Waals surface area contributed by atoms with E-state index in [9.17, 15) is 0 Å². The molecule has 1 fully saturated rings. The Labute approximate surface area is 142 Å². The van der Waals surface area contributed by atoms with E-state index in [2.05, 4.69) is 22.0 Å². The molecule has 0 amide bonds. The van der Waals surface area contributed by atoms with E-state index in [4.69, 9.17) is 16.3 Å². The molecule has 122 valence electrons. The molecule has 1 aliphatic carbocycles. The fourth-order valence-electron chi connectivity index (χ4n) is 2.70. The van der Waals surface area contributed by atoms with E-state index < -0.39 is 0 Å². The van der Waals surface area contributed by atoms with Crippen LogP contribution < -0.4 is 9.64 Å². The number of halogens is 1. The van der Waals surface area contributed by atoms with Gasteiger partial charge in [0.05, 0.1) is 6.61 Å². The van der Waals surface area contributed by atoms with Crippen LogP contribution in [0.4, 0.5) is 5.82 Å². The Morgan fingerprint density at radius 2 is 2.17 bits per heavy atom. The SMILES string of the molecule is CCN(Cc1cc(Cl)ccc1OCC1CCC1)c1cccnn1. The second-order valence-electron chi connectivity index (χ2n) is 5.96. The predicted molar refractivity (Wildman–Crippen MR) is 93.0 cm³/mol. The Balaban J connectivity index is 1.75. The third kappa shape index (κ3) is 4.14. The summed E-state index contributed by atoms with van der Waals surface area (Å²) in [7, 11) is 0. The summed E-state index contributed by atoms with van der Waals surface area (Å²) in [6.07, 6.45) is 5.58. The lowest BCUT2D eigenvalue weighted by molar-refractivity contribution is 0.179. The van der Waals surface area contributed by atoms with Gasteiger partial charge in [-0.15, -0.1) is 5.10 Å². The van der Waals surface area contributed by atoms with Crippen molar-refractivity contribution >= 4 is 17.4 Å². The molecule has 4 nitrogen and oxygen atoms in total. The maximum atomic E-state index is 6.19. The summed E-state index contributed by atoms with van der Waals surface area (Å²) < 4.78 is 6.06. The fourth-order valence-corrected chi connectivity index (χ4v) is 2.90. The van der Waals surface area contributed by atoms with Crippen molar-refractivity contribution in [3.05, 3.63) is 47.1 Å². The topological polar surface area (TPSA) is 38.2 Å². The Kier molecular flexibility index (Phi) is 5.34. The van der Waals surface area contributed by atoms with E-state index in [1.54, 1.807) is 6.20 Å². The Morgan fingerprint density at radius 1 is 1.30 bits per heavy atom. The highest BCUT2D eigenvalue weighted by Crippen LogP contribution is 2.30. The van der Waals surface area contributed by atoms with Crippen molar-refractivity contribution in [1.29, 1.82) is 0 Å². The number of rotatable bonds is 7. The summed E-state index contributed by atoms with van der Waals surface area (Å²) in [5.41, 5.74) is 1.09. The van der Waals surface area contributed by atoms with Crippen LogP contribution in [0.1, 0.15) is 31.7 Å². The molecule has 0 saturated heterocycles. The summed E-state index contributed by atoms with van der Waals surface area (Å²) in [6.45, 7) is 4.45. The van der Waals surface area contributed by atoms with Crippen LogP contribution in [0.2, 0.25) is 5.02 Å². The molecule has 1 heterocycles. The number of anilines is 1. The van der Waals surface area contributed by atoms with Gasteiger partial charge in [0.15, 0.2) is 5.82 Å². The minimum absolute atomic E-state index is 0.704. The van der Waals surface area contributed by atoms with E-state index in [1.807, 2.05) is 30.3 Å². The molecule has 0 atom stereocenters. The second-order valence-corrected chi connectivity index (χ2v) is 6.39. The molecule has 0 unspecified atom stereocenters. The number of nitrogens with zero attached hydrogens (tertiary/aromatic N) is 3. The first-order valence-electron chi connectivity index (χ1n) is 8.20. The van der Waals surface area contributed by atoms with Crippen LogP contribution in [-0.2, 0) is 6.54 Å². The Morgan fingerprint density at radius 3 is 2.83 bits per heavy atom. The lowest BCUT2D eigenvalue weighted by Gasteiger charge is -2.27. The molecule has 0 N–H and O–H groups in total. The molecule has 0 bridgehead atoms. The quantitative estimate of drug-likeness (QED) is 0.756. The minimum atomic E-state index is 0.704. The van der Waals surface area contributed by atoms with E-state index in [0.717, 1.165) is 35.3 Å². The first-order chi connectivity index (χ1) is 11.3. The minimum Gasteiger partial charge on any atom is -0.493 e. The van der Waals surface area contributed by atoms with Crippen molar-refractivity contribution in [2.24, 2.45) is 5.92 Å². The molecule has 23 heavy (non-hydrogen) atoms. The molecule has 1 aromatic heterocycles. The maximum absolute atomic E-state index is 6.19. The van der Waals surface area contributed by atoms with Gasteiger partial charge >= 0.3 is 0 Å². The van der Waals surface area contributed by atoms with Gasteiger partial charge in [0, 0.05) is 29.9 Å². The standard InChI is InChI=1S/C18H22ClN3O/c1-2-22(18-7-4-10-20-21-18)12-15-11-16(19)8-9-17(15)23-13-14-5-3-6-14/h4,7-11,14H,2-3,5-6,12-13H2,1H3. The van der Waals surface area contributed by atoms with Gasteiger partial charge in [0.2, 0.25) is 0 Å².